The molecule has 0 saturated carbocycles. The largest absolute Gasteiger partial charge is 0.344 e. The minimum atomic E-state index is -0.132. The average Bonchev–Trinajstić information content (AvgIpc) is 3.25. The Balaban J connectivity index is 1.67. The van der Waals surface area contributed by atoms with Crippen molar-refractivity contribution in [2.24, 2.45) is 5.92 Å². The summed E-state index contributed by atoms with van der Waals surface area (Å²) in [7, 11) is 0. The first-order chi connectivity index (χ1) is 12.5. The topological polar surface area (TPSA) is 66.5 Å². The summed E-state index contributed by atoms with van der Waals surface area (Å²) >= 11 is 1.63. The molecule has 1 aliphatic heterocycles. The van der Waals surface area contributed by atoms with Crippen molar-refractivity contribution in [3.63, 3.8) is 0 Å². The third-order valence-corrected chi connectivity index (χ3v) is 5.47. The average molecular weight is 370 g/mol. The van der Waals surface area contributed by atoms with E-state index < -0.39 is 0 Å². The lowest BCUT2D eigenvalue weighted by Crippen LogP contribution is -2.31. The molecular weight excluding hydrogens is 348 g/mol. The number of amides is 3. The molecule has 0 unspecified atom stereocenters. The molecule has 3 rings (SSSR count). The van der Waals surface area contributed by atoms with Crippen molar-refractivity contribution < 1.29 is 14.4 Å². The highest BCUT2D eigenvalue weighted by Crippen LogP contribution is 2.26. The van der Waals surface area contributed by atoms with E-state index in [-0.39, 0.29) is 36.2 Å². The number of benzene rings is 1. The van der Waals surface area contributed by atoms with Gasteiger partial charge in [0.25, 0.3) is 5.91 Å². The normalized spacial score (nSPS) is 15.6. The summed E-state index contributed by atoms with van der Waals surface area (Å²) in [6.07, 6.45) is 0.581. The van der Waals surface area contributed by atoms with E-state index >= 15 is 0 Å². The highest BCUT2D eigenvalue weighted by Gasteiger charge is 2.28. The van der Waals surface area contributed by atoms with Gasteiger partial charge >= 0.3 is 0 Å². The quantitative estimate of drug-likeness (QED) is 0.791. The standard InChI is InChI=1S/C20H22N2O3S/c1-13(2)19(16-4-3-11-26-16)21-20(25)15-7-5-14(6-8-15)12-22-17(23)9-10-18(22)24/h3-8,11,13,19H,9-10,12H2,1-2H3,(H,21,25)/t19-/m0/s1. The molecule has 1 aromatic heterocycles. The van der Waals surface area contributed by atoms with E-state index in [9.17, 15) is 14.4 Å². The van der Waals surface area contributed by atoms with E-state index in [0.29, 0.717) is 18.4 Å². The van der Waals surface area contributed by atoms with Gasteiger partial charge in [-0.2, -0.15) is 0 Å². The summed E-state index contributed by atoms with van der Waals surface area (Å²) in [5.41, 5.74) is 1.40. The lowest BCUT2D eigenvalue weighted by molar-refractivity contribution is -0.139. The number of nitrogens with one attached hydrogen (secondary N) is 1. The molecule has 0 bridgehead atoms. The van der Waals surface area contributed by atoms with Crippen LogP contribution in [0, 0.1) is 5.92 Å². The predicted molar refractivity (Wildman–Crippen MR) is 101 cm³/mol. The molecule has 0 spiro atoms. The summed E-state index contributed by atoms with van der Waals surface area (Å²) in [5, 5.41) is 5.10. The molecule has 0 aliphatic carbocycles. The number of thiophene rings is 1. The molecule has 1 saturated heterocycles. The Morgan fingerprint density at radius 2 is 1.77 bits per heavy atom. The molecule has 3 amide bonds. The molecule has 2 heterocycles. The first kappa shape index (κ1) is 18.3. The molecule has 26 heavy (non-hydrogen) atoms. The van der Waals surface area contributed by atoms with Gasteiger partial charge in [0.05, 0.1) is 12.6 Å². The number of hydrogen-bond donors (Lipinski definition) is 1. The number of hydrogen-bond acceptors (Lipinski definition) is 4. The highest BCUT2D eigenvalue weighted by molar-refractivity contribution is 7.10. The molecule has 5 nitrogen and oxygen atoms in total. The first-order valence-electron chi connectivity index (χ1n) is 8.72. The number of rotatable bonds is 6. The molecule has 6 heteroatoms. The van der Waals surface area contributed by atoms with E-state index in [4.69, 9.17) is 0 Å². The first-order valence-corrected chi connectivity index (χ1v) is 9.60. The van der Waals surface area contributed by atoms with Crippen LogP contribution >= 0.6 is 11.3 Å². The number of likely N-dealkylation sites (tertiary alicyclic amines) is 1. The van der Waals surface area contributed by atoms with Crippen LogP contribution in [0.1, 0.15) is 53.5 Å². The minimum absolute atomic E-state index is 0.0259. The second-order valence-corrected chi connectivity index (χ2v) is 7.76. The number of carbonyl (C=O) groups is 3. The number of nitrogens with zero attached hydrogens (tertiary/aromatic N) is 1. The Labute approximate surface area is 157 Å². The summed E-state index contributed by atoms with van der Waals surface area (Å²) in [6, 6.07) is 11.1. The fourth-order valence-electron chi connectivity index (χ4n) is 3.00. The maximum absolute atomic E-state index is 12.6. The van der Waals surface area contributed by atoms with Crippen LogP contribution in [0.25, 0.3) is 0 Å². The Morgan fingerprint density at radius 3 is 2.31 bits per heavy atom. The Bertz CT molecular complexity index is 781. The lowest BCUT2D eigenvalue weighted by Gasteiger charge is -2.21. The Morgan fingerprint density at radius 1 is 1.12 bits per heavy atom. The van der Waals surface area contributed by atoms with Crippen LogP contribution in [0.15, 0.2) is 41.8 Å². The van der Waals surface area contributed by atoms with Crippen LogP contribution in [0.5, 0.6) is 0 Å². The smallest absolute Gasteiger partial charge is 0.251 e. The van der Waals surface area contributed by atoms with Gasteiger partial charge < -0.3 is 5.32 Å². The van der Waals surface area contributed by atoms with E-state index in [2.05, 4.69) is 19.2 Å². The van der Waals surface area contributed by atoms with Crippen LogP contribution < -0.4 is 5.32 Å². The zero-order chi connectivity index (χ0) is 18.7. The van der Waals surface area contributed by atoms with E-state index in [1.807, 2.05) is 17.5 Å². The maximum atomic E-state index is 12.6. The molecule has 0 radical (unpaired) electrons. The lowest BCUT2D eigenvalue weighted by atomic mass is 10.0. The molecule has 1 fully saturated rings. The Kier molecular flexibility index (Phi) is 5.52. The van der Waals surface area contributed by atoms with Crippen molar-refractivity contribution in [2.45, 2.75) is 39.3 Å². The van der Waals surface area contributed by atoms with Crippen molar-refractivity contribution in [1.29, 1.82) is 0 Å². The summed E-state index contributed by atoms with van der Waals surface area (Å²) in [4.78, 5) is 38.4. The van der Waals surface area contributed by atoms with Crippen LogP contribution in [-0.4, -0.2) is 22.6 Å². The van der Waals surface area contributed by atoms with Crippen molar-refractivity contribution >= 4 is 29.1 Å². The van der Waals surface area contributed by atoms with Gasteiger partial charge in [0.1, 0.15) is 0 Å². The van der Waals surface area contributed by atoms with Gasteiger partial charge in [-0.3, -0.25) is 19.3 Å². The predicted octanol–water partition coefficient (Wildman–Crippen LogP) is 3.52. The summed E-state index contributed by atoms with van der Waals surface area (Å²) < 4.78 is 0. The number of carbonyl (C=O) groups excluding carboxylic acids is 3. The fraction of sp³-hybridized carbons (Fsp3) is 0.350. The van der Waals surface area contributed by atoms with Gasteiger partial charge in [0.15, 0.2) is 0 Å². The second-order valence-electron chi connectivity index (χ2n) is 6.78. The van der Waals surface area contributed by atoms with Gasteiger partial charge in [-0.05, 0) is 35.1 Å². The highest BCUT2D eigenvalue weighted by atomic mass is 32.1. The van der Waals surface area contributed by atoms with Gasteiger partial charge in [-0.25, -0.2) is 0 Å². The zero-order valence-electron chi connectivity index (χ0n) is 14.9. The number of imide groups is 1. The van der Waals surface area contributed by atoms with Crippen molar-refractivity contribution in [3.8, 4) is 0 Å². The van der Waals surface area contributed by atoms with Crippen LogP contribution in [0.2, 0.25) is 0 Å². The van der Waals surface area contributed by atoms with Crippen molar-refractivity contribution in [1.82, 2.24) is 10.2 Å². The SMILES string of the molecule is CC(C)[C@H](NC(=O)c1ccc(CN2C(=O)CCC2=O)cc1)c1cccs1. The molecule has 1 aliphatic rings. The van der Waals surface area contributed by atoms with Gasteiger partial charge in [-0.15, -0.1) is 11.3 Å². The van der Waals surface area contributed by atoms with E-state index in [0.717, 1.165) is 10.4 Å². The summed E-state index contributed by atoms with van der Waals surface area (Å²) in [5.74, 6) is -0.110. The second kappa shape index (κ2) is 7.83. The van der Waals surface area contributed by atoms with Crippen LogP contribution in [0.3, 0.4) is 0 Å². The van der Waals surface area contributed by atoms with Crippen molar-refractivity contribution in [3.05, 3.63) is 57.8 Å². The van der Waals surface area contributed by atoms with Crippen LogP contribution in [-0.2, 0) is 16.1 Å². The fourth-order valence-corrected chi connectivity index (χ4v) is 3.95. The van der Waals surface area contributed by atoms with Gasteiger partial charge in [0.2, 0.25) is 11.8 Å². The molecule has 1 aromatic carbocycles. The van der Waals surface area contributed by atoms with Gasteiger partial charge in [-0.1, -0.05) is 32.0 Å². The molecular formula is C20H22N2O3S. The third kappa shape index (κ3) is 4.02. The van der Waals surface area contributed by atoms with Crippen molar-refractivity contribution in [2.75, 3.05) is 0 Å². The third-order valence-electron chi connectivity index (χ3n) is 4.51. The maximum Gasteiger partial charge on any atom is 0.251 e. The Hall–Kier alpha value is -2.47. The van der Waals surface area contributed by atoms with E-state index in [1.165, 1.54) is 4.90 Å². The van der Waals surface area contributed by atoms with Gasteiger partial charge in [0, 0.05) is 23.3 Å². The minimum Gasteiger partial charge on any atom is -0.344 e. The zero-order valence-corrected chi connectivity index (χ0v) is 15.7. The molecule has 1 N–H and O–H groups in total. The van der Waals surface area contributed by atoms with E-state index in [1.54, 1.807) is 35.6 Å². The summed E-state index contributed by atoms with van der Waals surface area (Å²) in [6.45, 7) is 4.43. The molecule has 136 valence electrons. The molecule has 1 atom stereocenters. The molecule has 2 aromatic rings. The monoisotopic (exact) mass is 370 g/mol. The van der Waals surface area contributed by atoms with Crippen LogP contribution in [0.4, 0.5) is 0 Å².